The predicted octanol–water partition coefficient (Wildman–Crippen LogP) is 9.14. The zero-order valence-electron chi connectivity index (χ0n) is 24.4. The molecule has 2 unspecified atom stereocenters. The molecule has 0 N–H and O–H groups in total. The molecule has 3 heteroatoms. The number of aromatic nitrogens is 1. The second-order valence-electron chi connectivity index (χ2n) is 12.8. The molecule has 8 rings (SSSR count). The van der Waals surface area contributed by atoms with E-state index in [2.05, 4.69) is 103 Å². The lowest BCUT2D eigenvalue weighted by molar-refractivity contribution is 0.319. The van der Waals surface area contributed by atoms with E-state index in [1.165, 1.54) is 45.7 Å². The van der Waals surface area contributed by atoms with Crippen molar-refractivity contribution in [3.8, 4) is 17.3 Å². The summed E-state index contributed by atoms with van der Waals surface area (Å²) in [6.45, 7) is 4.95. The molecule has 2 aromatic rings. The van der Waals surface area contributed by atoms with Crippen LogP contribution in [0.1, 0.15) is 63.5 Å². The minimum atomic E-state index is 0.0860. The van der Waals surface area contributed by atoms with Crippen LogP contribution >= 0.6 is 0 Å². The highest BCUT2D eigenvalue weighted by Gasteiger charge is 2.51. The fourth-order valence-corrected chi connectivity index (χ4v) is 8.40. The molecular weight excluding hydrogens is 510 g/mol. The van der Waals surface area contributed by atoms with Crippen LogP contribution in [0.3, 0.4) is 0 Å². The number of benzene rings is 1. The molecule has 2 heterocycles. The maximum absolute atomic E-state index is 9.65. The molecule has 0 fully saturated rings. The third kappa shape index (κ3) is 3.68. The van der Waals surface area contributed by atoms with Crippen molar-refractivity contribution in [2.75, 3.05) is 0 Å². The summed E-state index contributed by atoms with van der Waals surface area (Å²) in [7, 11) is 0. The fraction of sp³-hybridized carbons (Fsp3) is 0.282. The van der Waals surface area contributed by atoms with Crippen LogP contribution in [0.4, 0.5) is 0 Å². The highest BCUT2D eigenvalue weighted by Crippen LogP contribution is 2.60. The van der Waals surface area contributed by atoms with Crippen molar-refractivity contribution in [1.82, 2.24) is 9.88 Å². The Labute approximate surface area is 249 Å². The third-order valence-electron chi connectivity index (χ3n) is 10.2. The molecule has 3 nitrogen and oxygen atoms in total. The first-order valence-electron chi connectivity index (χ1n) is 15.4. The molecule has 42 heavy (non-hydrogen) atoms. The number of nitriles is 1. The Bertz CT molecular complexity index is 1820. The van der Waals surface area contributed by atoms with Gasteiger partial charge in [-0.15, -0.1) is 0 Å². The van der Waals surface area contributed by atoms with Crippen molar-refractivity contribution in [3.63, 3.8) is 0 Å². The number of allylic oxidation sites excluding steroid dienone is 13. The van der Waals surface area contributed by atoms with E-state index in [1.54, 1.807) is 17.3 Å². The summed E-state index contributed by atoms with van der Waals surface area (Å²) in [6.07, 6.45) is 27.7. The highest BCUT2D eigenvalue weighted by atomic mass is 15.2. The van der Waals surface area contributed by atoms with Gasteiger partial charge in [-0.05, 0) is 96.2 Å². The van der Waals surface area contributed by atoms with Gasteiger partial charge < -0.3 is 4.90 Å². The van der Waals surface area contributed by atoms with Crippen molar-refractivity contribution in [1.29, 1.82) is 5.26 Å². The van der Waals surface area contributed by atoms with Gasteiger partial charge in [0.1, 0.15) is 6.07 Å². The Balaban J connectivity index is 1.18. The lowest BCUT2D eigenvalue weighted by atomic mass is 9.68. The van der Waals surface area contributed by atoms with Crippen LogP contribution in [0, 0.1) is 22.7 Å². The molecule has 0 spiro atoms. The van der Waals surface area contributed by atoms with Crippen molar-refractivity contribution < 1.29 is 0 Å². The molecule has 2 atom stereocenters. The average molecular weight is 546 g/mol. The van der Waals surface area contributed by atoms with Crippen molar-refractivity contribution in [2.24, 2.45) is 11.3 Å². The Morgan fingerprint density at radius 3 is 2.69 bits per heavy atom. The van der Waals surface area contributed by atoms with Gasteiger partial charge in [0.05, 0.1) is 17.3 Å². The number of fused-ring (bicyclic) bond motifs is 4. The summed E-state index contributed by atoms with van der Waals surface area (Å²) in [4.78, 5) is 7.26. The molecule has 206 valence electrons. The Hall–Kier alpha value is -4.42. The number of pyridine rings is 1. The van der Waals surface area contributed by atoms with Crippen molar-refractivity contribution >= 4 is 5.57 Å². The first-order valence-corrected chi connectivity index (χ1v) is 15.4. The van der Waals surface area contributed by atoms with E-state index < -0.39 is 0 Å². The number of nitrogens with zero attached hydrogens (tertiary/aromatic N) is 3. The van der Waals surface area contributed by atoms with Gasteiger partial charge in [-0.1, -0.05) is 80.2 Å². The SMILES string of the molecule is CC1(C)C2=C(C=CCC2)C2=C1C1C3=C(CCC=C3)N(C3=CC(c4cccc(-c5ncccc5C#N)c4)=CCC3)C1C=C2. The van der Waals surface area contributed by atoms with Crippen LogP contribution in [0.5, 0.6) is 0 Å². The molecule has 1 aliphatic heterocycles. The summed E-state index contributed by atoms with van der Waals surface area (Å²) >= 11 is 0. The number of hydrogen-bond donors (Lipinski definition) is 0. The molecule has 0 bridgehead atoms. The van der Waals surface area contributed by atoms with E-state index in [1.807, 2.05) is 12.1 Å². The Kier molecular flexibility index (Phi) is 5.76. The second-order valence-corrected chi connectivity index (χ2v) is 12.8. The van der Waals surface area contributed by atoms with Crippen molar-refractivity contribution in [3.05, 3.63) is 142 Å². The monoisotopic (exact) mass is 545 g/mol. The molecule has 0 radical (unpaired) electrons. The van der Waals surface area contributed by atoms with E-state index in [0.29, 0.717) is 17.5 Å². The van der Waals surface area contributed by atoms with Gasteiger partial charge in [-0.25, -0.2) is 0 Å². The van der Waals surface area contributed by atoms with E-state index in [0.717, 1.165) is 43.4 Å². The smallest absolute Gasteiger partial charge is 0.101 e. The standard InChI is InChI=1S/C39H35N3/c1-39(2)33-17-5-3-15-30(33)31-19-20-35-36(37(31)39)32-16-4-6-18-34(32)42(35)29-14-8-11-26(23-29)25-10-7-12-27(22-25)38-28(24-40)13-9-21-41-38/h3-4,7,9-13,15-16,19-23,35-36H,5-6,8,14,17-18H2,1-2H3. The summed E-state index contributed by atoms with van der Waals surface area (Å²) in [6, 6.07) is 14.8. The number of rotatable bonds is 3. The molecule has 6 aliphatic rings. The molecule has 0 saturated carbocycles. The molecule has 1 aromatic carbocycles. The maximum atomic E-state index is 9.65. The van der Waals surface area contributed by atoms with Crippen LogP contribution in [-0.2, 0) is 0 Å². The van der Waals surface area contributed by atoms with Gasteiger partial charge in [0.25, 0.3) is 0 Å². The molecule has 1 aromatic heterocycles. The largest absolute Gasteiger partial charge is 0.341 e. The first kappa shape index (κ1) is 25.3. The minimum Gasteiger partial charge on any atom is -0.341 e. The van der Waals surface area contributed by atoms with Gasteiger partial charge in [0, 0.05) is 34.5 Å². The lowest BCUT2D eigenvalue weighted by Crippen LogP contribution is -2.37. The molecule has 5 aliphatic carbocycles. The quantitative estimate of drug-likeness (QED) is 0.386. The molecule has 0 saturated heterocycles. The van der Waals surface area contributed by atoms with Gasteiger partial charge in [0.2, 0.25) is 0 Å². The van der Waals surface area contributed by atoms with Crippen LogP contribution in [0.15, 0.2) is 130 Å². The van der Waals surface area contributed by atoms with Crippen molar-refractivity contribution in [2.45, 2.75) is 58.4 Å². The van der Waals surface area contributed by atoms with Gasteiger partial charge >= 0.3 is 0 Å². The van der Waals surface area contributed by atoms with Crippen LogP contribution in [0.25, 0.3) is 16.8 Å². The first-order chi connectivity index (χ1) is 20.6. The average Bonchev–Trinajstić information content (AvgIpc) is 3.50. The molecular formula is C39H35N3. The van der Waals surface area contributed by atoms with Crippen LogP contribution in [-0.4, -0.2) is 15.9 Å². The number of hydrogen-bond acceptors (Lipinski definition) is 3. The van der Waals surface area contributed by atoms with E-state index in [9.17, 15) is 5.26 Å². The highest BCUT2D eigenvalue weighted by molar-refractivity contribution is 5.79. The normalized spacial score (nSPS) is 25.1. The summed E-state index contributed by atoms with van der Waals surface area (Å²) < 4.78 is 0. The Morgan fingerprint density at radius 1 is 0.929 bits per heavy atom. The minimum absolute atomic E-state index is 0.0860. The summed E-state index contributed by atoms with van der Waals surface area (Å²) in [5, 5.41) is 9.65. The zero-order valence-corrected chi connectivity index (χ0v) is 24.4. The summed E-state index contributed by atoms with van der Waals surface area (Å²) in [5.41, 5.74) is 15.6. The maximum Gasteiger partial charge on any atom is 0.101 e. The second kappa shape index (κ2) is 9.57. The van der Waals surface area contributed by atoms with E-state index in [-0.39, 0.29) is 5.41 Å². The van der Waals surface area contributed by atoms with E-state index in [4.69, 9.17) is 0 Å². The van der Waals surface area contributed by atoms with E-state index >= 15 is 0 Å². The predicted molar refractivity (Wildman–Crippen MR) is 170 cm³/mol. The summed E-state index contributed by atoms with van der Waals surface area (Å²) in [5.74, 6) is 0.401. The Morgan fingerprint density at radius 2 is 1.79 bits per heavy atom. The lowest BCUT2D eigenvalue weighted by Gasteiger charge is -2.39. The van der Waals surface area contributed by atoms with Gasteiger partial charge in [-0.3, -0.25) is 4.98 Å². The van der Waals surface area contributed by atoms with Gasteiger partial charge in [0.15, 0.2) is 0 Å². The molecule has 0 amide bonds. The third-order valence-corrected chi connectivity index (χ3v) is 10.2. The van der Waals surface area contributed by atoms with Crippen LogP contribution in [0.2, 0.25) is 0 Å². The topological polar surface area (TPSA) is 39.9 Å². The fourth-order valence-electron chi connectivity index (χ4n) is 8.40. The zero-order chi connectivity index (χ0) is 28.4. The van der Waals surface area contributed by atoms with Crippen LogP contribution < -0.4 is 0 Å². The van der Waals surface area contributed by atoms with Gasteiger partial charge in [-0.2, -0.15) is 5.26 Å².